The molecule has 3 heterocycles. The average Bonchev–Trinajstić information content (AvgIpc) is 3.35. The number of alkyl carbamates (subject to hydrolysis) is 1. The van der Waals surface area contributed by atoms with Crippen molar-refractivity contribution in [2.45, 2.75) is 39.5 Å². The Labute approximate surface area is 233 Å². The molecule has 0 spiro atoms. The molecular formula is C29H36N8O3. The first-order valence-corrected chi connectivity index (χ1v) is 13.5. The Morgan fingerprint density at radius 2 is 1.77 bits per heavy atom. The normalized spacial score (nSPS) is 13.7. The quantitative estimate of drug-likeness (QED) is 0.279. The fourth-order valence-electron chi connectivity index (χ4n) is 4.37. The van der Waals surface area contributed by atoms with Crippen molar-refractivity contribution in [1.29, 1.82) is 0 Å². The van der Waals surface area contributed by atoms with Crippen LogP contribution in [0.2, 0.25) is 0 Å². The molecule has 4 aromatic rings. The third-order valence-electron chi connectivity index (χ3n) is 6.29. The minimum Gasteiger partial charge on any atom is -0.444 e. The number of anilines is 4. The van der Waals surface area contributed by atoms with E-state index < -0.39 is 11.7 Å². The Morgan fingerprint density at radius 1 is 1.02 bits per heavy atom. The molecule has 210 valence electrons. The van der Waals surface area contributed by atoms with Gasteiger partial charge in [-0.1, -0.05) is 30.3 Å². The van der Waals surface area contributed by atoms with Crippen LogP contribution in [0.1, 0.15) is 26.3 Å². The van der Waals surface area contributed by atoms with E-state index in [2.05, 4.69) is 50.1 Å². The van der Waals surface area contributed by atoms with Crippen LogP contribution < -0.4 is 20.9 Å². The number of hydrogen-bond donors (Lipinski definition) is 3. The Morgan fingerprint density at radius 3 is 2.50 bits per heavy atom. The molecule has 0 bridgehead atoms. The lowest BCUT2D eigenvalue weighted by molar-refractivity contribution is 0.0526. The number of rotatable bonds is 9. The second kappa shape index (κ2) is 12.2. The third-order valence-corrected chi connectivity index (χ3v) is 6.29. The van der Waals surface area contributed by atoms with Gasteiger partial charge in [0, 0.05) is 44.1 Å². The molecule has 0 unspecified atom stereocenters. The van der Waals surface area contributed by atoms with Crippen LogP contribution in [0, 0.1) is 0 Å². The highest BCUT2D eigenvalue weighted by molar-refractivity contribution is 5.84. The molecule has 1 amide bonds. The van der Waals surface area contributed by atoms with Crippen molar-refractivity contribution < 1.29 is 14.3 Å². The van der Waals surface area contributed by atoms with Gasteiger partial charge in [-0.15, -0.1) is 0 Å². The van der Waals surface area contributed by atoms with Gasteiger partial charge in [-0.3, -0.25) is 0 Å². The fraction of sp³-hybridized carbons (Fsp3) is 0.379. The maximum absolute atomic E-state index is 12.1. The molecule has 0 atom stereocenters. The summed E-state index contributed by atoms with van der Waals surface area (Å²) in [6, 6.07) is 18.4. The molecule has 11 nitrogen and oxygen atoms in total. The third kappa shape index (κ3) is 7.17. The molecule has 0 saturated carbocycles. The van der Waals surface area contributed by atoms with Crippen molar-refractivity contribution in [2.24, 2.45) is 0 Å². The molecule has 5 rings (SSSR count). The van der Waals surface area contributed by atoms with E-state index in [4.69, 9.17) is 19.4 Å². The van der Waals surface area contributed by atoms with Crippen LogP contribution in [-0.2, 0) is 22.6 Å². The van der Waals surface area contributed by atoms with Gasteiger partial charge < -0.3 is 34.9 Å². The molecule has 1 fully saturated rings. The van der Waals surface area contributed by atoms with Crippen molar-refractivity contribution in [3.63, 3.8) is 0 Å². The highest BCUT2D eigenvalue weighted by Gasteiger charge is 2.17. The van der Waals surface area contributed by atoms with E-state index in [1.54, 1.807) is 6.33 Å². The van der Waals surface area contributed by atoms with Crippen LogP contribution in [0.5, 0.6) is 0 Å². The Balaban J connectivity index is 1.35. The van der Waals surface area contributed by atoms with E-state index in [1.807, 2.05) is 55.7 Å². The number of carbonyl (C=O) groups excluding carboxylic acids is 1. The van der Waals surface area contributed by atoms with E-state index in [1.165, 1.54) is 0 Å². The number of aromatic nitrogens is 4. The van der Waals surface area contributed by atoms with Crippen LogP contribution in [-0.4, -0.2) is 64.1 Å². The second-order valence-electron chi connectivity index (χ2n) is 10.5. The number of carbonyl (C=O) groups is 1. The summed E-state index contributed by atoms with van der Waals surface area (Å²) in [5, 5.41) is 9.56. The molecule has 1 saturated heterocycles. The van der Waals surface area contributed by atoms with Gasteiger partial charge in [0.15, 0.2) is 17.0 Å². The number of fused-ring (bicyclic) bond motifs is 1. The fourth-order valence-corrected chi connectivity index (χ4v) is 4.37. The summed E-state index contributed by atoms with van der Waals surface area (Å²) in [6.07, 6.45) is 1.25. The van der Waals surface area contributed by atoms with Crippen molar-refractivity contribution in [2.75, 3.05) is 48.4 Å². The highest BCUT2D eigenvalue weighted by Crippen LogP contribution is 2.25. The van der Waals surface area contributed by atoms with Crippen molar-refractivity contribution in [3.8, 4) is 0 Å². The van der Waals surface area contributed by atoms with Gasteiger partial charge in [0.2, 0.25) is 5.95 Å². The van der Waals surface area contributed by atoms with Crippen LogP contribution in [0.15, 0.2) is 60.9 Å². The first-order valence-electron chi connectivity index (χ1n) is 13.5. The number of morpholine rings is 1. The molecule has 1 aliphatic heterocycles. The topological polar surface area (TPSA) is 118 Å². The minimum absolute atomic E-state index is 0.364. The summed E-state index contributed by atoms with van der Waals surface area (Å²) in [4.78, 5) is 28.5. The SMILES string of the molecule is CC(C)(C)OC(=O)NCCn1cnc2c(NCc3ccccc3)nc(Nc3ccc(N4CCOCC4)cc3)nc21. The molecule has 11 heteroatoms. The van der Waals surface area contributed by atoms with Gasteiger partial charge in [-0.2, -0.15) is 9.97 Å². The zero-order valence-corrected chi connectivity index (χ0v) is 23.2. The van der Waals surface area contributed by atoms with Gasteiger partial charge in [-0.05, 0) is 50.6 Å². The summed E-state index contributed by atoms with van der Waals surface area (Å²) in [6.45, 7) is 10.2. The van der Waals surface area contributed by atoms with Crippen LogP contribution in [0.25, 0.3) is 11.2 Å². The van der Waals surface area contributed by atoms with Gasteiger partial charge in [0.25, 0.3) is 0 Å². The zero-order chi connectivity index (χ0) is 28.0. The number of amides is 1. The summed E-state index contributed by atoms with van der Waals surface area (Å²) < 4.78 is 12.7. The van der Waals surface area contributed by atoms with Crippen LogP contribution >= 0.6 is 0 Å². The number of imidazole rings is 1. The predicted octanol–water partition coefficient (Wildman–Crippen LogP) is 4.54. The monoisotopic (exact) mass is 544 g/mol. The summed E-state index contributed by atoms with van der Waals surface area (Å²) in [7, 11) is 0. The molecule has 1 aliphatic rings. The molecular weight excluding hydrogens is 508 g/mol. The van der Waals surface area contributed by atoms with E-state index in [0.29, 0.717) is 42.6 Å². The second-order valence-corrected chi connectivity index (χ2v) is 10.5. The minimum atomic E-state index is -0.556. The zero-order valence-electron chi connectivity index (χ0n) is 23.2. The van der Waals surface area contributed by atoms with E-state index in [-0.39, 0.29) is 0 Å². The number of nitrogens with one attached hydrogen (secondary N) is 3. The van der Waals surface area contributed by atoms with Crippen molar-refractivity contribution in [1.82, 2.24) is 24.8 Å². The number of ether oxygens (including phenoxy) is 2. The summed E-state index contributed by atoms with van der Waals surface area (Å²) in [5.41, 5.74) is 3.92. The number of benzene rings is 2. The summed E-state index contributed by atoms with van der Waals surface area (Å²) >= 11 is 0. The first kappa shape index (κ1) is 27.2. The Bertz CT molecular complexity index is 1410. The van der Waals surface area contributed by atoms with E-state index in [0.717, 1.165) is 43.2 Å². The average molecular weight is 545 g/mol. The van der Waals surface area contributed by atoms with Crippen molar-refractivity contribution in [3.05, 3.63) is 66.5 Å². The number of nitrogens with zero attached hydrogens (tertiary/aromatic N) is 5. The van der Waals surface area contributed by atoms with Crippen LogP contribution in [0.4, 0.5) is 27.9 Å². The molecule has 0 radical (unpaired) electrons. The Hall–Kier alpha value is -4.38. The van der Waals surface area contributed by atoms with E-state index >= 15 is 0 Å². The standard InChI is InChI=1S/C29H36N8O3/c1-29(2,3)40-28(38)30-13-14-37-20-32-24-25(31-19-21-7-5-4-6-8-21)34-27(35-26(24)37)33-22-9-11-23(12-10-22)36-15-17-39-18-16-36/h4-12,20H,13-19H2,1-3H3,(H,30,38)(H2,31,33,34,35). The largest absolute Gasteiger partial charge is 0.444 e. The lowest BCUT2D eigenvalue weighted by atomic mass is 10.2. The molecule has 2 aromatic heterocycles. The maximum atomic E-state index is 12.1. The van der Waals surface area contributed by atoms with Crippen molar-refractivity contribution >= 4 is 40.4 Å². The first-order chi connectivity index (χ1) is 19.3. The van der Waals surface area contributed by atoms with Gasteiger partial charge in [0.05, 0.1) is 19.5 Å². The smallest absolute Gasteiger partial charge is 0.407 e. The maximum Gasteiger partial charge on any atom is 0.407 e. The van der Waals surface area contributed by atoms with Gasteiger partial charge in [-0.25, -0.2) is 9.78 Å². The predicted molar refractivity (Wildman–Crippen MR) is 156 cm³/mol. The van der Waals surface area contributed by atoms with Gasteiger partial charge in [0.1, 0.15) is 5.60 Å². The lowest BCUT2D eigenvalue weighted by Crippen LogP contribution is -2.36. The molecule has 3 N–H and O–H groups in total. The molecule has 40 heavy (non-hydrogen) atoms. The highest BCUT2D eigenvalue weighted by atomic mass is 16.6. The molecule has 0 aliphatic carbocycles. The van der Waals surface area contributed by atoms with Crippen LogP contribution in [0.3, 0.4) is 0 Å². The van der Waals surface area contributed by atoms with Gasteiger partial charge >= 0.3 is 6.09 Å². The van der Waals surface area contributed by atoms with E-state index in [9.17, 15) is 4.79 Å². The Kier molecular flexibility index (Phi) is 8.30. The molecule has 2 aromatic carbocycles. The lowest BCUT2D eigenvalue weighted by Gasteiger charge is -2.28. The number of hydrogen-bond acceptors (Lipinski definition) is 9. The summed E-state index contributed by atoms with van der Waals surface area (Å²) in [5.74, 6) is 1.07.